The Morgan fingerprint density at radius 3 is 2.57 bits per heavy atom. The van der Waals surface area contributed by atoms with Gasteiger partial charge in [-0.2, -0.15) is 4.98 Å². The van der Waals surface area contributed by atoms with Crippen LogP contribution in [0.1, 0.15) is 10.4 Å². The second-order valence-corrected chi connectivity index (χ2v) is 4.04. The topological polar surface area (TPSA) is 113 Å². The summed E-state index contributed by atoms with van der Waals surface area (Å²) in [4.78, 5) is 18.8. The first-order valence-corrected chi connectivity index (χ1v) is 5.83. The van der Waals surface area contributed by atoms with Crippen molar-refractivity contribution in [3.8, 4) is 17.0 Å². The zero-order chi connectivity index (χ0) is 15.6. The lowest BCUT2D eigenvalue weighted by molar-refractivity contribution is 0.0600. The second-order valence-electron chi connectivity index (χ2n) is 4.04. The van der Waals surface area contributed by atoms with Crippen molar-refractivity contribution in [3.05, 3.63) is 29.6 Å². The molecule has 0 aliphatic rings. The molecule has 8 heteroatoms. The molecule has 0 saturated heterocycles. The number of ether oxygens (including phenoxy) is 2. The minimum Gasteiger partial charge on any atom is -0.496 e. The number of aromatic nitrogens is 2. The molecule has 1 aromatic heterocycles. The fourth-order valence-corrected chi connectivity index (χ4v) is 1.79. The molecule has 110 valence electrons. The standard InChI is InChI=1S/C13H13FN4O3/c1-20-8-5-6(12(19)21-2)3-4-7(8)10-9(14)11(15)18-13(16)17-10/h3-5H,1-2H3,(H4,15,16,17,18). The lowest BCUT2D eigenvalue weighted by Crippen LogP contribution is -2.06. The van der Waals surface area contributed by atoms with E-state index < -0.39 is 11.8 Å². The molecular formula is C13H13FN4O3. The molecule has 2 rings (SSSR count). The van der Waals surface area contributed by atoms with E-state index in [0.29, 0.717) is 5.56 Å². The fraction of sp³-hybridized carbons (Fsp3) is 0.154. The average Bonchev–Trinajstić information content (AvgIpc) is 2.49. The van der Waals surface area contributed by atoms with Gasteiger partial charge in [-0.25, -0.2) is 14.2 Å². The van der Waals surface area contributed by atoms with Gasteiger partial charge in [0.05, 0.1) is 19.8 Å². The van der Waals surface area contributed by atoms with Crippen LogP contribution in [0.15, 0.2) is 18.2 Å². The molecule has 7 nitrogen and oxygen atoms in total. The highest BCUT2D eigenvalue weighted by Gasteiger charge is 2.18. The number of carbonyl (C=O) groups excluding carboxylic acids is 1. The second kappa shape index (κ2) is 5.61. The summed E-state index contributed by atoms with van der Waals surface area (Å²) in [6.45, 7) is 0. The lowest BCUT2D eigenvalue weighted by Gasteiger charge is -2.11. The molecule has 0 atom stereocenters. The molecule has 0 bridgehead atoms. The van der Waals surface area contributed by atoms with Crippen molar-refractivity contribution in [2.75, 3.05) is 25.7 Å². The summed E-state index contributed by atoms with van der Waals surface area (Å²) in [5, 5.41) is 0. The highest BCUT2D eigenvalue weighted by molar-refractivity contribution is 5.91. The Morgan fingerprint density at radius 1 is 1.24 bits per heavy atom. The number of nitrogens with zero attached hydrogens (tertiary/aromatic N) is 2. The predicted octanol–water partition coefficient (Wildman–Crippen LogP) is 1.24. The van der Waals surface area contributed by atoms with E-state index in [0.717, 1.165) is 0 Å². The van der Waals surface area contributed by atoms with Crippen molar-refractivity contribution in [1.29, 1.82) is 0 Å². The van der Waals surface area contributed by atoms with E-state index in [1.165, 1.54) is 32.4 Å². The average molecular weight is 292 g/mol. The van der Waals surface area contributed by atoms with Crippen molar-refractivity contribution in [2.24, 2.45) is 0 Å². The predicted molar refractivity (Wildman–Crippen MR) is 74.1 cm³/mol. The third-order valence-electron chi connectivity index (χ3n) is 2.77. The van der Waals surface area contributed by atoms with Gasteiger partial charge in [-0.05, 0) is 18.2 Å². The van der Waals surface area contributed by atoms with Gasteiger partial charge >= 0.3 is 5.97 Å². The SMILES string of the molecule is COC(=O)c1ccc(-c2nc(N)nc(N)c2F)c(OC)c1. The van der Waals surface area contributed by atoms with Gasteiger partial charge in [-0.15, -0.1) is 0 Å². The maximum absolute atomic E-state index is 14.1. The zero-order valence-corrected chi connectivity index (χ0v) is 11.4. The van der Waals surface area contributed by atoms with Gasteiger partial charge < -0.3 is 20.9 Å². The monoisotopic (exact) mass is 292 g/mol. The van der Waals surface area contributed by atoms with Gasteiger partial charge in [-0.3, -0.25) is 0 Å². The molecule has 0 fully saturated rings. The Morgan fingerprint density at radius 2 is 1.95 bits per heavy atom. The molecule has 0 amide bonds. The minimum atomic E-state index is -0.812. The third kappa shape index (κ3) is 2.69. The van der Waals surface area contributed by atoms with Crippen molar-refractivity contribution in [1.82, 2.24) is 9.97 Å². The van der Waals surface area contributed by atoms with E-state index >= 15 is 0 Å². The van der Waals surface area contributed by atoms with Crippen LogP contribution >= 0.6 is 0 Å². The van der Waals surface area contributed by atoms with E-state index in [1.807, 2.05) is 0 Å². The molecule has 4 N–H and O–H groups in total. The number of rotatable bonds is 3. The molecular weight excluding hydrogens is 279 g/mol. The van der Waals surface area contributed by atoms with Crippen LogP contribution in [0.5, 0.6) is 5.75 Å². The molecule has 0 radical (unpaired) electrons. The number of nitrogens with two attached hydrogens (primary N) is 2. The van der Waals surface area contributed by atoms with Crippen LogP contribution in [-0.2, 0) is 4.74 Å². The van der Waals surface area contributed by atoms with Crippen molar-refractivity contribution in [3.63, 3.8) is 0 Å². The Hall–Kier alpha value is -2.90. The molecule has 21 heavy (non-hydrogen) atoms. The Balaban J connectivity index is 2.62. The van der Waals surface area contributed by atoms with Crippen molar-refractivity contribution < 1.29 is 18.7 Å². The first-order chi connectivity index (χ1) is 9.97. The van der Waals surface area contributed by atoms with Gasteiger partial charge in [-0.1, -0.05) is 0 Å². The van der Waals surface area contributed by atoms with Crippen LogP contribution in [0.4, 0.5) is 16.2 Å². The van der Waals surface area contributed by atoms with Crippen LogP contribution in [0.25, 0.3) is 11.3 Å². The minimum absolute atomic E-state index is 0.103. The van der Waals surface area contributed by atoms with Gasteiger partial charge in [0.1, 0.15) is 11.4 Å². The van der Waals surface area contributed by atoms with Crippen LogP contribution in [0, 0.1) is 5.82 Å². The van der Waals surface area contributed by atoms with E-state index in [1.54, 1.807) is 0 Å². The normalized spacial score (nSPS) is 10.2. The van der Waals surface area contributed by atoms with E-state index in [4.69, 9.17) is 16.2 Å². The number of esters is 1. The maximum Gasteiger partial charge on any atom is 0.337 e. The Labute approximate surface area is 119 Å². The molecule has 0 aliphatic heterocycles. The summed E-state index contributed by atoms with van der Waals surface area (Å²) in [6.07, 6.45) is 0. The number of benzene rings is 1. The highest BCUT2D eigenvalue weighted by Crippen LogP contribution is 2.33. The van der Waals surface area contributed by atoms with E-state index in [9.17, 15) is 9.18 Å². The van der Waals surface area contributed by atoms with Gasteiger partial charge in [0.15, 0.2) is 11.6 Å². The van der Waals surface area contributed by atoms with Gasteiger partial charge in [0.2, 0.25) is 5.95 Å². The smallest absolute Gasteiger partial charge is 0.337 e. The number of halogens is 1. The highest BCUT2D eigenvalue weighted by atomic mass is 19.1. The van der Waals surface area contributed by atoms with E-state index in [-0.39, 0.29) is 28.8 Å². The zero-order valence-electron chi connectivity index (χ0n) is 11.4. The number of anilines is 2. The van der Waals surface area contributed by atoms with Crippen molar-refractivity contribution in [2.45, 2.75) is 0 Å². The third-order valence-corrected chi connectivity index (χ3v) is 2.77. The van der Waals surface area contributed by atoms with Crippen molar-refractivity contribution >= 4 is 17.7 Å². The largest absolute Gasteiger partial charge is 0.496 e. The molecule has 1 heterocycles. The van der Waals surface area contributed by atoms with Crippen LogP contribution < -0.4 is 16.2 Å². The van der Waals surface area contributed by atoms with Crippen LogP contribution in [-0.4, -0.2) is 30.2 Å². The summed E-state index contributed by atoms with van der Waals surface area (Å²) in [6, 6.07) is 4.34. The molecule has 0 unspecified atom stereocenters. The summed E-state index contributed by atoms with van der Waals surface area (Å²) < 4.78 is 23.8. The number of nitrogen functional groups attached to an aromatic ring is 2. The number of hydrogen-bond donors (Lipinski definition) is 2. The molecule has 0 saturated carbocycles. The fourth-order valence-electron chi connectivity index (χ4n) is 1.79. The van der Waals surface area contributed by atoms with Crippen LogP contribution in [0.3, 0.4) is 0 Å². The molecule has 0 aliphatic carbocycles. The number of methoxy groups -OCH3 is 2. The summed E-state index contributed by atoms with van der Waals surface area (Å²) in [7, 11) is 2.64. The summed E-state index contributed by atoms with van der Waals surface area (Å²) in [5.41, 5.74) is 11.4. The van der Waals surface area contributed by atoms with Gasteiger partial charge in [0.25, 0.3) is 0 Å². The molecule has 2 aromatic rings. The molecule has 0 spiro atoms. The van der Waals surface area contributed by atoms with E-state index in [2.05, 4.69) is 14.7 Å². The first-order valence-electron chi connectivity index (χ1n) is 5.83. The Kier molecular flexibility index (Phi) is 3.88. The lowest BCUT2D eigenvalue weighted by atomic mass is 10.1. The summed E-state index contributed by atoms with van der Waals surface area (Å²) in [5.74, 6) is -1.65. The van der Waals surface area contributed by atoms with Gasteiger partial charge in [0, 0.05) is 5.56 Å². The number of carbonyl (C=O) groups is 1. The first kappa shape index (κ1) is 14.5. The Bertz CT molecular complexity index is 706. The maximum atomic E-state index is 14.1. The summed E-state index contributed by atoms with van der Waals surface area (Å²) >= 11 is 0. The quantitative estimate of drug-likeness (QED) is 0.818. The molecule has 1 aromatic carbocycles. The number of hydrogen-bond acceptors (Lipinski definition) is 7. The van der Waals surface area contributed by atoms with Crippen LogP contribution in [0.2, 0.25) is 0 Å².